The lowest BCUT2D eigenvalue weighted by molar-refractivity contribution is -0.140. The second-order valence-electron chi connectivity index (χ2n) is 9.29. The maximum atomic E-state index is 13.8. The third-order valence-electron chi connectivity index (χ3n) is 6.75. The van der Waals surface area contributed by atoms with E-state index in [2.05, 4.69) is 5.32 Å². The molecule has 0 saturated heterocycles. The molecular weight excluding hydrogens is 475 g/mol. The molecule has 1 heterocycles. The average Bonchev–Trinajstić information content (AvgIpc) is 3.41. The molecule has 1 N–H and O–H groups in total. The molecule has 1 saturated carbocycles. The van der Waals surface area contributed by atoms with Crippen molar-refractivity contribution in [3.63, 3.8) is 0 Å². The van der Waals surface area contributed by atoms with E-state index in [0.29, 0.717) is 18.5 Å². The van der Waals surface area contributed by atoms with Gasteiger partial charge in [0.25, 0.3) is 0 Å². The predicted octanol–water partition coefficient (Wildman–Crippen LogP) is 5.70. The van der Waals surface area contributed by atoms with E-state index in [1.54, 1.807) is 24.1 Å². The number of thiophene rings is 1. The molecule has 5 nitrogen and oxygen atoms in total. The van der Waals surface area contributed by atoms with Gasteiger partial charge < -0.3 is 15.0 Å². The summed E-state index contributed by atoms with van der Waals surface area (Å²) in [6, 6.07) is 14.8. The Labute approximate surface area is 216 Å². The van der Waals surface area contributed by atoms with Crippen molar-refractivity contribution in [2.75, 3.05) is 13.7 Å². The third-order valence-corrected chi connectivity index (χ3v) is 7.49. The van der Waals surface area contributed by atoms with Crippen LogP contribution in [-0.4, -0.2) is 36.4 Å². The first kappa shape index (κ1) is 25.9. The average molecular weight is 509 g/mol. The number of rotatable bonds is 10. The van der Waals surface area contributed by atoms with Crippen LogP contribution in [0.1, 0.15) is 54.8 Å². The molecule has 1 aliphatic carbocycles. The maximum Gasteiger partial charge on any atom is 0.247 e. The van der Waals surface area contributed by atoms with E-state index in [9.17, 15) is 14.0 Å². The Hall–Kier alpha value is -3.19. The monoisotopic (exact) mass is 508 g/mol. The van der Waals surface area contributed by atoms with Crippen LogP contribution in [-0.2, 0) is 22.4 Å². The first-order valence-electron chi connectivity index (χ1n) is 12.5. The van der Waals surface area contributed by atoms with Gasteiger partial charge in [0.2, 0.25) is 11.8 Å². The summed E-state index contributed by atoms with van der Waals surface area (Å²) in [6.45, 7) is 0.357. The number of amides is 2. The molecule has 0 spiro atoms. The molecule has 3 aromatic rings. The molecule has 4 rings (SSSR count). The molecule has 2 amide bonds. The Morgan fingerprint density at radius 1 is 1.03 bits per heavy atom. The molecule has 1 atom stereocenters. The smallest absolute Gasteiger partial charge is 0.247 e. The van der Waals surface area contributed by atoms with Gasteiger partial charge in [0.15, 0.2) is 0 Å². The highest BCUT2D eigenvalue weighted by molar-refractivity contribution is 7.08. The number of methoxy groups -OCH3 is 1. The fraction of sp³-hybridized carbons (Fsp3) is 0.379. The van der Waals surface area contributed by atoms with Gasteiger partial charge in [-0.1, -0.05) is 43.5 Å². The van der Waals surface area contributed by atoms with E-state index >= 15 is 0 Å². The summed E-state index contributed by atoms with van der Waals surface area (Å²) in [6.07, 6.45) is 6.02. The van der Waals surface area contributed by atoms with Gasteiger partial charge in [-0.2, -0.15) is 11.3 Å². The zero-order valence-electron chi connectivity index (χ0n) is 20.6. The van der Waals surface area contributed by atoms with Crippen LogP contribution in [0.3, 0.4) is 0 Å². The summed E-state index contributed by atoms with van der Waals surface area (Å²) in [7, 11) is 1.62. The lowest BCUT2D eigenvalue weighted by Gasteiger charge is -2.33. The molecule has 2 aromatic carbocycles. The highest BCUT2D eigenvalue weighted by atomic mass is 32.1. The van der Waals surface area contributed by atoms with E-state index < -0.39 is 6.04 Å². The van der Waals surface area contributed by atoms with Crippen molar-refractivity contribution >= 4 is 23.2 Å². The van der Waals surface area contributed by atoms with Crippen molar-refractivity contribution < 1.29 is 18.7 Å². The first-order valence-corrected chi connectivity index (χ1v) is 13.5. The lowest BCUT2D eigenvalue weighted by atomic mass is 9.94. The number of benzene rings is 2. The molecule has 0 radical (unpaired) electrons. The molecule has 1 fully saturated rings. The normalized spacial score (nSPS) is 14.7. The van der Waals surface area contributed by atoms with E-state index in [4.69, 9.17) is 4.74 Å². The summed E-state index contributed by atoms with van der Waals surface area (Å²) >= 11 is 1.54. The van der Waals surface area contributed by atoms with Gasteiger partial charge in [-0.3, -0.25) is 9.59 Å². The summed E-state index contributed by atoms with van der Waals surface area (Å²) in [5.74, 6) is 0.0525. The number of ether oxygens (including phenoxy) is 1. The minimum absolute atomic E-state index is 0.101. The van der Waals surface area contributed by atoms with Crippen molar-refractivity contribution in [1.82, 2.24) is 10.2 Å². The topological polar surface area (TPSA) is 58.6 Å². The van der Waals surface area contributed by atoms with Gasteiger partial charge in [0.1, 0.15) is 17.6 Å². The minimum atomic E-state index is -0.836. The molecule has 7 heteroatoms. The predicted molar refractivity (Wildman–Crippen MR) is 141 cm³/mol. The largest absolute Gasteiger partial charge is 0.497 e. The molecule has 1 unspecified atom stereocenters. The number of halogens is 1. The Balaban J connectivity index is 1.62. The second kappa shape index (κ2) is 12.7. The molecule has 36 heavy (non-hydrogen) atoms. The quantitative estimate of drug-likeness (QED) is 0.382. The van der Waals surface area contributed by atoms with Crippen LogP contribution in [0.5, 0.6) is 5.75 Å². The molecule has 1 aromatic heterocycles. The van der Waals surface area contributed by atoms with Crippen LogP contribution in [0.25, 0.3) is 0 Å². The minimum Gasteiger partial charge on any atom is -0.497 e. The van der Waals surface area contributed by atoms with Crippen LogP contribution < -0.4 is 10.1 Å². The van der Waals surface area contributed by atoms with Crippen LogP contribution in [0.4, 0.5) is 4.39 Å². The van der Waals surface area contributed by atoms with E-state index in [1.165, 1.54) is 29.9 Å². The van der Waals surface area contributed by atoms with Crippen LogP contribution >= 0.6 is 11.3 Å². The van der Waals surface area contributed by atoms with Crippen LogP contribution in [0.15, 0.2) is 65.4 Å². The molecule has 0 bridgehead atoms. The van der Waals surface area contributed by atoms with Crippen molar-refractivity contribution in [1.29, 1.82) is 0 Å². The lowest BCUT2D eigenvalue weighted by Crippen LogP contribution is -2.48. The number of carbonyl (C=O) groups is 2. The van der Waals surface area contributed by atoms with E-state index in [0.717, 1.165) is 42.6 Å². The summed E-state index contributed by atoms with van der Waals surface area (Å²) < 4.78 is 19.0. The van der Waals surface area contributed by atoms with E-state index in [-0.39, 0.29) is 30.1 Å². The van der Waals surface area contributed by atoms with Gasteiger partial charge in [0, 0.05) is 12.6 Å². The Morgan fingerprint density at radius 3 is 2.39 bits per heavy atom. The summed E-state index contributed by atoms with van der Waals surface area (Å²) in [4.78, 5) is 29.1. The fourth-order valence-corrected chi connectivity index (χ4v) is 5.42. The highest BCUT2D eigenvalue weighted by Crippen LogP contribution is 2.26. The SMILES string of the molecule is COc1ccc(CCN(C(=O)Cc2ccsc2)C(C(=O)NC2CCCCC2)c2ccc(F)cc2)cc1. The number of hydrogen-bond acceptors (Lipinski definition) is 4. The Bertz CT molecular complexity index is 1110. The fourth-order valence-electron chi connectivity index (χ4n) is 4.75. The first-order chi connectivity index (χ1) is 17.5. The van der Waals surface area contributed by atoms with Gasteiger partial charge in [0.05, 0.1) is 13.5 Å². The molecule has 190 valence electrons. The zero-order valence-corrected chi connectivity index (χ0v) is 21.4. The van der Waals surface area contributed by atoms with Gasteiger partial charge >= 0.3 is 0 Å². The zero-order chi connectivity index (χ0) is 25.3. The standard InChI is InChI=1S/C29H33FN2O3S/c1-35-26-13-7-21(8-14-26)15-17-32(27(33)19-22-16-18-36-20-22)28(23-9-11-24(30)12-10-23)29(34)31-25-5-3-2-4-6-25/h7-14,16,18,20,25,28H,2-6,15,17,19H2,1H3,(H,31,34). The summed E-state index contributed by atoms with van der Waals surface area (Å²) in [5.41, 5.74) is 2.57. The Kier molecular flexibility index (Phi) is 9.11. The molecular formula is C29H33FN2O3S. The number of nitrogens with one attached hydrogen (secondary N) is 1. The molecule has 0 aliphatic heterocycles. The molecule has 1 aliphatic rings. The van der Waals surface area contributed by atoms with E-state index in [1.807, 2.05) is 41.1 Å². The van der Waals surface area contributed by atoms with Crippen LogP contribution in [0.2, 0.25) is 0 Å². The van der Waals surface area contributed by atoms with Gasteiger partial charge in [-0.05, 0) is 77.0 Å². The van der Waals surface area contributed by atoms with Crippen molar-refractivity contribution in [2.45, 2.75) is 57.0 Å². The van der Waals surface area contributed by atoms with Crippen molar-refractivity contribution in [3.8, 4) is 5.75 Å². The van der Waals surface area contributed by atoms with Gasteiger partial charge in [-0.15, -0.1) is 0 Å². The van der Waals surface area contributed by atoms with Crippen molar-refractivity contribution in [2.24, 2.45) is 0 Å². The number of carbonyl (C=O) groups excluding carboxylic acids is 2. The number of nitrogens with zero attached hydrogens (tertiary/aromatic N) is 1. The van der Waals surface area contributed by atoms with Crippen molar-refractivity contribution in [3.05, 3.63) is 87.9 Å². The maximum absolute atomic E-state index is 13.8. The second-order valence-corrected chi connectivity index (χ2v) is 10.1. The summed E-state index contributed by atoms with van der Waals surface area (Å²) in [5, 5.41) is 7.09. The Morgan fingerprint density at radius 2 is 1.75 bits per heavy atom. The third kappa shape index (κ3) is 6.94. The highest BCUT2D eigenvalue weighted by Gasteiger charge is 2.32. The van der Waals surface area contributed by atoms with Gasteiger partial charge in [-0.25, -0.2) is 4.39 Å². The number of hydrogen-bond donors (Lipinski definition) is 1. The van der Waals surface area contributed by atoms with Crippen LogP contribution in [0, 0.1) is 5.82 Å².